The van der Waals surface area contributed by atoms with Crippen molar-refractivity contribution in [3.8, 4) is 0 Å². The fourth-order valence-corrected chi connectivity index (χ4v) is 8.85. The lowest BCUT2D eigenvalue weighted by molar-refractivity contribution is 0.547. The zero-order valence-electron chi connectivity index (χ0n) is 36.1. The smallest absolute Gasteiger partial charge is 0.0314 e. The van der Waals surface area contributed by atoms with Crippen LogP contribution in [0.25, 0.3) is 0 Å². The van der Waals surface area contributed by atoms with E-state index >= 15 is 0 Å². The van der Waals surface area contributed by atoms with E-state index in [1.807, 2.05) is 0 Å². The summed E-state index contributed by atoms with van der Waals surface area (Å²) >= 11 is 0. The van der Waals surface area contributed by atoms with Gasteiger partial charge in [0.1, 0.15) is 0 Å². The third kappa shape index (κ3) is 16.5. The minimum atomic E-state index is 0.417. The molecule has 0 aromatic heterocycles. The van der Waals surface area contributed by atoms with E-state index < -0.39 is 0 Å². The molecule has 2 heteroatoms. The van der Waals surface area contributed by atoms with Crippen molar-refractivity contribution in [2.24, 2.45) is 0 Å². The third-order valence-corrected chi connectivity index (χ3v) is 12.5. The number of benzene rings is 4. The fourth-order valence-electron chi connectivity index (χ4n) is 8.85. The van der Waals surface area contributed by atoms with E-state index in [4.69, 9.17) is 11.5 Å². The second-order valence-electron chi connectivity index (χ2n) is 17.1. The van der Waals surface area contributed by atoms with E-state index in [0.29, 0.717) is 17.8 Å². The Morgan fingerprint density at radius 1 is 0.321 bits per heavy atom. The largest absolute Gasteiger partial charge is 0.399 e. The van der Waals surface area contributed by atoms with Crippen LogP contribution >= 0.6 is 0 Å². The van der Waals surface area contributed by atoms with Gasteiger partial charge in [0, 0.05) is 23.2 Å². The Hall–Kier alpha value is -3.52. The quantitative estimate of drug-likeness (QED) is 0.0411. The molecular formula is C54H80N2. The minimum Gasteiger partial charge on any atom is -0.399 e. The second-order valence-corrected chi connectivity index (χ2v) is 17.1. The van der Waals surface area contributed by atoms with Crippen molar-refractivity contribution in [3.05, 3.63) is 130 Å². The molecular weight excluding hydrogens is 677 g/mol. The molecule has 0 amide bonds. The molecule has 306 valence electrons. The molecule has 3 atom stereocenters. The van der Waals surface area contributed by atoms with E-state index in [1.54, 1.807) is 0 Å². The molecule has 0 spiro atoms. The van der Waals surface area contributed by atoms with E-state index in [2.05, 4.69) is 118 Å². The van der Waals surface area contributed by atoms with Crippen LogP contribution in [0.15, 0.2) is 97.1 Å². The molecule has 0 saturated carbocycles. The number of nitrogen functional groups attached to an aromatic ring is 2. The summed E-state index contributed by atoms with van der Waals surface area (Å²) in [5.74, 6) is 1.36. The van der Waals surface area contributed by atoms with Crippen molar-refractivity contribution in [1.29, 1.82) is 0 Å². The second kappa shape index (κ2) is 27.2. The molecule has 0 saturated heterocycles. The fraction of sp³-hybridized carbons (Fsp3) is 0.556. The normalized spacial score (nSPS) is 13.1. The van der Waals surface area contributed by atoms with Gasteiger partial charge in [-0.25, -0.2) is 0 Å². The first-order chi connectivity index (χ1) is 27.5. The predicted octanol–water partition coefficient (Wildman–Crippen LogP) is 16.5. The molecule has 0 aliphatic carbocycles. The van der Waals surface area contributed by atoms with Crippen molar-refractivity contribution in [1.82, 2.24) is 0 Å². The number of anilines is 2. The van der Waals surface area contributed by atoms with Gasteiger partial charge in [0.25, 0.3) is 0 Å². The van der Waals surface area contributed by atoms with Crippen LogP contribution in [0.2, 0.25) is 0 Å². The number of unbranched alkanes of at least 4 members (excludes halogenated alkanes) is 17. The monoisotopic (exact) mass is 757 g/mol. The summed E-state index contributed by atoms with van der Waals surface area (Å²) in [5, 5.41) is 0. The Balaban J connectivity index is 1.45. The highest BCUT2D eigenvalue weighted by Crippen LogP contribution is 2.35. The Morgan fingerprint density at radius 3 is 1.00 bits per heavy atom. The predicted molar refractivity (Wildman–Crippen MR) is 248 cm³/mol. The first-order valence-electron chi connectivity index (χ1n) is 23.4. The van der Waals surface area contributed by atoms with Gasteiger partial charge in [-0.1, -0.05) is 222 Å². The Labute approximate surface area is 344 Å². The highest BCUT2D eigenvalue weighted by atomic mass is 14.5. The van der Waals surface area contributed by atoms with Gasteiger partial charge in [-0.2, -0.15) is 0 Å². The average molecular weight is 757 g/mol. The Bertz CT molecular complexity index is 1540. The van der Waals surface area contributed by atoms with Gasteiger partial charge in [-0.05, 0) is 89.2 Å². The number of hydrogen-bond acceptors (Lipinski definition) is 2. The van der Waals surface area contributed by atoms with E-state index in [9.17, 15) is 0 Å². The molecule has 0 aliphatic rings. The van der Waals surface area contributed by atoms with Crippen LogP contribution in [0.5, 0.6) is 0 Å². The Morgan fingerprint density at radius 2 is 0.607 bits per heavy atom. The zero-order chi connectivity index (χ0) is 39.6. The van der Waals surface area contributed by atoms with Gasteiger partial charge in [-0.15, -0.1) is 0 Å². The van der Waals surface area contributed by atoms with E-state index in [1.165, 1.54) is 181 Å². The van der Waals surface area contributed by atoms with Crippen molar-refractivity contribution >= 4 is 11.4 Å². The topological polar surface area (TPSA) is 52.0 Å². The molecule has 3 unspecified atom stereocenters. The summed E-state index contributed by atoms with van der Waals surface area (Å²) in [6, 6.07) is 36.9. The molecule has 4 N–H and O–H groups in total. The van der Waals surface area contributed by atoms with Crippen LogP contribution in [0.3, 0.4) is 0 Å². The van der Waals surface area contributed by atoms with Gasteiger partial charge in [0.2, 0.25) is 0 Å². The van der Waals surface area contributed by atoms with Crippen molar-refractivity contribution in [2.75, 3.05) is 11.5 Å². The first kappa shape index (κ1) is 45.2. The average Bonchev–Trinajstić information content (AvgIpc) is 3.22. The third-order valence-electron chi connectivity index (χ3n) is 12.5. The molecule has 0 heterocycles. The highest BCUT2D eigenvalue weighted by molar-refractivity contribution is 5.44. The molecule has 0 aliphatic heterocycles. The molecule has 0 bridgehead atoms. The summed E-state index contributed by atoms with van der Waals surface area (Å²) < 4.78 is 0. The van der Waals surface area contributed by atoms with E-state index in [0.717, 1.165) is 17.8 Å². The molecule has 4 aromatic carbocycles. The first-order valence-corrected chi connectivity index (χ1v) is 23.4. The van der Waals surface area contributed by atoms with Crippen molar-refractivity contribution < 1.29 is 0 Å². The minimum absolute atomic E-state index is 0.417. The van der Waals surface area contributed by atoms with Gasteiger partial charge < -0.3 is 11.5 Å². The van der Waals surface area contributed by atoms with Crippen LogP contribution in [0, 0.1) is 0 Å². The molecule has 4 aromatic rings. The van der Waals surface area contributed by atoms with Crippen LogP contribution in [-0.4, -0.2) is 0 Å². The summed E-state index contributed by atoms with van der Waals surface area (Å²) in [5.41, 5.74) is 22.6. The molecule has 2 nitrogen and oxygen atoms in total. The van der Waals surface area contributed by atoms with Gasteiger partial charge >= 0.3 is 0 Å². The Kier molecular flexibility index (Phi) is 21.9. The SMILES string of the molecule is CCCCCCCCCCC(c1ccc(N)cc1)c1ccc(CC(CCCCCC)c2ccc(C(CCCCCCCCCC)c3ccc(N)cc3)cc2)cc1. The number of rotatable bonds is 30. The molecule has 4 rings (SSSR count). The van der Waals surface area contributed by atoms with Gasteiger partial charge in [0.15, 0.2) is 0 Å². The molecule has 56 heavy (non-hydrogen) atoms. The lowest BCUT2D eigenvalue weighted by atomic mass is 9.82. The van der Waals surface area contributed by atoms with Gasteiger partial charge in [0.05, 0.1) is 0 Å². The van der Waals surface area contributed by atoms with Crippen LogP contribution in [0.1, 0.15) is 220 Å². The maximum Gasteiger partial charge on any atom is 0.0314 e. The molecule has 0 fully saturated rings. The summed E-state index contributed by atoms with van der Waals surface area (Å²) in [7, 11) is 0. The summed E-state index contributed by atoms with van der Waals surface area (Å²) in [6.45, 7) is 6.91. The maximum atomic E-state index is 6.13. The van der Waals surface area contributed by atoms with E-state index in [-0.39, 0.29) is 0 Å². The van der Waals surface area contributed by atoms with Crippen LogP contribution in [0.4, 0.5) is 11.4 Å². The summed E-state index contributed by atoms with van der Waals surface area (Å²) in [6.07, 6.45) is 31.6. The zero-order valence-corrected chi connectivity index (χ0v) is 36.1. The lowest BCUT2D eigenvalue weighted by Crippen LogP contribution is -2.07. The number of hydrogen-bond donors (Lipinski definition) is 2. The van der Waals surface area contributed by atoms with Gasteiger partial charge in [-0.3, -0.25) is 0 Å². The standard InChI is InChI=1S/C54H80N2/c1-4-7-10-13-15-17-19-22-25-53(48-35-39-51(55)40-36-48)46-29-27-44(28-30-46)43-50(24-21-12-9-6-3)45-31-33-47(34-32-45)54(49-37-41-52(56)42-38-49)26-23-20-18-16-14-11-8-5-2/h27-42,50,53-54H,4-26,43,55-56H2,1-3H3. The number of nitrogens with two attached hydrogens (primary N) is 2. The summed E-state index contributed by atoms with van der Waals surface area (Å²) in [4.78, 5) is 0. The van der Waals surface area contributed by atoms with Crippen molar-refractivity contribution in [2.45, 2.75) is 193 Å². The van der Waals surface area contributed by atoms with Crippen LogP contribution in [-0.2, 0) is 6.42 Å². The van der Waals surface area contributed by atoms with Crippen molar-refractivity contribution in [3.63, 3.8) is 0 Å². The lowest BCUT2D eigenvalue weighted by Gasteiger charge is -2.22. The van der Waals surface area contributed by atoms with Crippen LogP contribution < -0.4 is 11.5 Å². The maximum absolute atomic E-state index is 6.13. The highest BCUT2D eigenvalue weighted by Gasteiger charge is 2.19. The molecule has 0 radical (unpaired) electrons.